The topological polar surface area (TPSA) is 102 Å². The second kappa shape index (κ2) is 18.5. The van der Waals surface area contributed by atoms with E-state index in [0.29, 0.717) is 44.2 Å². The fourth-order valence-corrected chi connectivity index (χ4v) is 9.17. The van der Waals surface area contributed by atoms with Gasteiger partial charge in [0, 0.05) is 31.6 Å². The first-order chi connectivity index (χ1) is 22.0. The molecule has 264 valence electrons. The summed E-state index contributed by atoms with van der Waals surface area (Å²) in [5, 5.41) is 0. The van der Waals surface area contributed by atoms with E-state index in [0.717, 1.165) is 63.3 Å². The van der Waals surface area contributed by atoms with Crippen molar-refractivity contribution in [3.05, 3.63) is 47.9 Å². The van der Waals surface area contributed by atoms with Crippen LogP contribution < -0.4 is 0 Å². The summed E-state index contributed by atoms with van der Waals surface area (Å²) < 4.78 is 26.6. The summed E-state index contributed by atoms with van der Waals surface area (Å²) in [5.74, 6) is -0.277. The molecule has 0 amide bonds. The minimum Gasteiger partial charge on any atom is -0.461 e. The summed E-state index contributed by atoms with van der Waals surface area (Å²) >= 11 is 1.52. The first-order valence-electron chi connectivity index (χ1n) is 16.6. The minimum atomic E-state index is -1.09. The maximum atomic E-state index is 12.9. The van der Waals surface area contributed by atoms with Crippen molar-refractivity contribution in [2.45, 2.75) is 85.3 Å². The molecule has 2 saturated heterocycles. The number of ketones is 2. The summed E-state index contributed by atoms with van der Waals surface area (Å²) in [7, 11) is -1.02. The number of morpholine rings is 2. The average Bonchev–Trinajstić information content (AvgIpc) is 3.01. The van der Waals surface area contributed by atoms with Crippen molar-refractivity contribution >= 4 is 35.9 Å². The standard InChI is InChI=1S/C16H23NO4.C15H23NO2.C5H12OPS/c1-4-9-21-15(19)16(3)6-5-12(2)13(14(16)18)17-7-10-20-11-8-17;1-4-6-15(3)7-5-12(2)13(14(15)17)16-8-10-18-11-9-16;1-5(2,3)8-7(4)6/h4H,1,5-11H2,2-3H3;4H,1,5-11H2,2-3H3;1-4H3/q;;+1/t;15-;/m.1./s1. The SMILES string of the molecule is C=CCOC(=O)C1(C)CCC(C)=C(N2CCOCC2)C1=O.C=CC[C@]1(C)CCC(C)=C(N2CCOCC2)C1=O.C[P+](=O)SC(C)(C)C. The number of esters is 1. The number of Topliss-reactive ketones (excluding diaryl/α,β-unsaturated/α-hetero) is 2. The highest BCUT2D eigenvalue weighted by molar-refractivity contribution is 8.52. The lowest BCUT2D eigenvalue weighted by Gasteiger charge is -2.39. The molecular weight excluding hydrogens is 635 g/mol. The maximum Gasteiger partial charge on any atom is 0.407 e. The monoisotopic (exact) mass is 693 g/mol. The quantitative estimate of drug-likeness (QED) is 0.113. The van der Waals surface area contributed by atoms with Crippen LogP contribution in [0.5, 0.6) is 0 Å². The molecule has 0 aromatic carbocycles. The molecule has 0 bridgehead atoms. The summed E-state index contributed by atoms with van der Waals surface area (Å²) in [6.07, 6.45) is 7.35. The lowest BCUT2D eigenvalue weighted by Crippen LogP contribution is -2.48. The number of allylic oxidation sites excluding steroid dienone is 5. The number of nitrogens with zero attached hydrogens (tertiary/aromatic N) is 2. The zero-order chi connectivity index (χ0) is 35.4. The summed E-state index contributed by atoms with van der Waals surface area (Å²) in [6, 6.07) is 0. The van der Waals surface area contributed by atoms with Gasteiger partial charge >= 0.3 is 13.0 Å². The molecule has 0 aromatic rings. The molecule has 0 radical (unpaired) electrons. The fraction of sp³-hybridized carbons (Fsp3) is 0.694. The first kappa shape index (κ1) is 40.9. The zero-order valence-corrected chi connectivity index (χ0v) is 31.8. The fourth-order valence-electron chi connectivity index (χ4n) is 6.09. The van der Waals surface area contributed by atoms with Crippen LogP contribution in [0.15, 0.2) is 47.9 Å². The summed E-state index contributed by atoms with van der Waals surface area (Å²) in [4.78, 5) is 42.2. The van der Waals surface area contributed by atoms with Crippen LogP contribution in [0.3, 0.4) is 0 Å². The third-order valence-corrected chi connectivity index (χ3v) is 12.0. The Labute approximate surface area is 288 Å². The van der Waals surface area contributed by atoms with Gasteiger partial charge in [-0.25, -0.2) is 0 Å². The molecule has 2 heterocycles. The van der Waals surface area contributed by atoms with E-state index in [-0.39, 0.29) is 22.6 Å². The smallest absolute Gasteiger partial charge is 0.407 e. The van der Waals surface area contributed by atoms with Crippen molar-refractivity contribution in [1.82, 2.24) is 9.80 Å². The third kappa shape index (κ3) is 11.7. The van der Waals surface area contributed by atoms with Gasteiger partial charge in [-0.1, -0.05) is 30.2 Å². The van der Waals surface area contributed by atoms with Gasteiger partial charge < -0.3 is 24.0 Å². The summed E-state index contributed by atoms with van der Waals surface area (Å²) in [5.41, 5.74) is 2.58. The van der Waals surface area contributed by atoms with E-state index >= 15 is 0 Å². The lowest BCUT2D eigenvalue weighted by atomic mass is 9.71. The van der Waals surface area contributed by atoms with Gasteiger partial charge in [0.2, 0.25) is 0 Å². The van der Waals surface area contributed by atoms with Gasteiger partial charge in [0.05, 0.1) is 42.6 Å². The Balaban J connectivity index is 0.000000269. The van der Waals surface area contributed by atoms with Crippen LogP contribution in [0.4, 0.5) is 0 Å². The predicted molar refractivity (Wildman–Crippen MR) is 192 cm³/mol. The Morgan fingerprint density at radius 2 is 1.36 bits per heavy atom. The van der Waals surface area contributed by atoms with Crippen LogP contribution in [0, 0.1) is 10.8 Å². The number of carbonyl (C=O) groups excluding carboxylic acids is 3. The van der Waals surface area contributed by atoms with Gasteiger partial charge in [-0.3, -0.25) is 14.4 Å². The molecule has 2 aliphatic carbocycles. The van der Waals surface area contributed by atoms with E-state index in [2.05, 4.69) is 52.7 Å². The number of rotatable bonds is 8. The minimum absolute atomic E-state index is 0.123. The molecule has 0 saturated carbocycles. The molecule has 2 fully saturated rings. The highest BCUT2D eigenvalue weighted by atomic mass is 32.7. The van der Waals surface area contributed by atoms with Gasteiger partial charge in [0.1, 0.15) is 30.1 Å². The molecule has 2 unspecified atom stereocenters. The van der Waals surface area contributed by atoms with Crippen LogP contribution in [-0.4, -0.2) is 98.0 Å². The van der Waals surface area contributed by atoms with E-state index in [4.69, 9.17) is 14.2 Å². The molecule has 0 aromatic heterocycles. The van der Waals surface area contributed by atoms with Crippen molar-refractivity contribution in [2.24, 2.45) is 10.8 Å². The van der Waals surface area contributed by atoms with Gasteiger partial charge in [-0.15, -0.1) is 6.58 Å². The molecule has 4 aliphatic rings. The first-order valence-corrected chi connectivity index (χ1v) is 19.8. The maximum absolute atomic E-state index is 12.9. The van der Waals surface area contributed by atoms with Crippen molar-refractivity contribution in [1.29, 1.82) is 0 Å². The van der Waals surface area contributed by atoms with Gasteiger partial charge in [0.25, 0.3) is 0 Å². The largest absolute Gasteiger partial charge is 0.461 e. The van der Waals surface area contributed by atoms with Crippen molar-refractivity contribution in [2.75, 3.05) is 65.9 Å². The van der Waals surface area contributed by atoms with E-state index in [1.54, 1.807) is 13.6 Å². The Bertz CT molecular complexity index is 1230. The Kier molecular flexibility index (Phi) is 16.1. The lowest BCUT2D eigenvalue weighted by molar-refractivity contribution is -0.158. The predicted octanol–water partition coefficient (Wildman–Crippen LogP) is 7.12. The molecule has 2 aliphatic heterocycles. The van der Waals surface area contributed by atoms with E-state index in [9.17, 15) is 18.9 Å². The van der Waals surface area contributed by atoms with Crippen LogP contribution in [0.25, 0.3) is 0 Å². The average molecular weight is 694 g/mol. The molecule has 0 N–H and O–H groups in total. The highest BCUT2D eigenvalue weighted by Crippen LogP contribution is 2.43. The highest BCUT2D eigenvalue weighted by Gasteiger charge is 2.48. The van der Waals surface area contributed by atoms with Crippen molar-refractivity contribution < 1.29 is 33.2 Å². The van der Waals surface area contributed by atoms with E-state index < -0.39 is 18.4 Å². The molecule has 11 heteroatoms. The van der Waals surface area contributed by atoms with Crippen LogP contribution in [0.2, 0.25) is 0 Å². The number of hydrogen-bond donors (Lipinski definition) is 0. The van der Waals surface area contributed by atoms with Crippen LogP contribution in [0.1, 0.15) is 80.6 Å². The van der Waals surface area contributed by atoms with E-state index in [1.165, 1.54) is 23.0 Å². The molecular formula is C36H58N2O7PS+. The second-order valence-corrected chi connectivity index (χ2v) is 18.4. The Morgan fingerprint density at radius 1 is 0.894 bits per heavy atom. The zero-order valence-electron chi connectivity index (χ0n) is 30.1. The van der Waals surface area contributed by atoms with Gasteiger partial charge in [0.15, 0.2) is 11.6 Å². The van der Waals surface area contributed by atoms with Crippen LogP contribution in [-0.2, 0) is 33.2 Å². The molecule has 9 nitrogen and oxygen atoms in total. The van der Waals surface area contributed by atoms with Gasteiger partial charge in [-0.2, -0.15) is 0 Å². The second-order valence-electron chi connectivity index (χ2n) is 14.0. The van der Waals surface area contributed by atoms with Crippen molar-refractivity contribution in [3.63, 3.8) is 0 Å². The van der Waals surface area contributed by atoms with Crippen molar-refractivity contribution in [3.8, 4) is 0 Å². The van der Waals surface area contributed by atoms with Crippen LogP contribution >= 0.6 is 18.4 Å². The van der Waals surface area contributed by atoms with E-state index in [1.807, 2.05) is 17.9 Å². The molecule has 0 spiro atoms. The molecule has 47 heavy (non-hydrogen) atoms. The number of ether oxygens (including phenoxy) is 3. The summed E-state index contributed by atoms with van der Waals surface area (Å²) in [6.45, 7) is 28.9. The number of carbonyl (C=O) groups is 3. The number of hydrogen-bond acceptors (Lipinski definition) is 10. The third-order valence-electron chi connectivity index (χ3n) is 8.77. The van der Waals surface area contributed by atoms with Gasteiger partial charge in [-0.05, 0) is 84.8 Å². The normalized spacial score (nSPS) is 25.7. The Hall–Kier alpha value is -2.26. The molecule has 4 rings (SSSR count). The molecule has 3 atom stereocenters. The Morgan fingerprint density at radius 3 is 1.77 bits per heavy atom.